The number of imidazole rings is 1. The molecule has 0 saturated carbocycles. The molecule has 1 aromatic carbocycles. The van der Waals surface area contributed by atoms with E-state index in [1.807, 2.05) is 0 Å². The van der Waals surface area contributed by atoms with Crippen molar-refractivity contribution in [1.29, 1.82) is 0 Å². The van der Waals surface area contributed by atoms with Gasteiger partial charge in [0.05, 0.1) is 19.0 Å². The smallest absolute Gasteiger partial charge is 0.279 e. The van der Waals surface area contributed by atoms with E-state index in [0.717, 1.165) is 0 Å². The molecule has 0 amide bonds. The highest BCUT2D eigenvalue weighted by molar-refractivity contribution is 7.92. The number of aromatic hydroxyl groups is 1. The average molecular weight is 283 g/mol. The van der Waals surface area contributed by atoms with Crippen molar-refractivity contribution in [2.75, 3.05) is 11.8 Å². The van der Waals surface area contributed by atoms with Crippen molar-refractivity contribution in [2.45, 2.75) is 11.9 Å². The number of rotatable bonds is 4. The maximum Gasteiger partial charge on any atom is 0.279 e. The van der Waals surface area contributed by atoms with Gasteiger partial charge in [-0.2, -0.15) is 8.42 Å². The summed E-state index contributed by atoms with van der Waals surface area (Å²) in [6.07, 6.45) is 1.21. The van der Waals surface area contributed by atoms with Gasteiger partial charge in [-0.05, 0) is 19.1 Å². The van der Waals surface area contributed by atoms with Crippen molar-refractivity contribution in [3.8, 4) is 11.5 Å². The van der Waals surface area contributed by atoms with Crippen LogP contribution in [0.25, 0.3) is 0 Å². The van der Waals surface area contributed by atoms with Crippen LogP contribution in [0.4, 0.5) is 5.69 Å². The lowest BCUT2D eigenvalue weighted by Crippen LogP contribution is -2.13. The van der Waals surface area contributed by atoms with E-state index in [1.165, 1.54) is 31.5 Å². The third kappa shape index (κ3) is 2.79. The largest absolute Gasteiger partial charge is 0.506 e. The Morgan fingerprint density at radius 1 is 1.42 bits per heavy atom. The molecule has 2 rings (SSSR count). The molecule has 0 fully saturated rings. The number of aromatic nitrogens is 2. The van der Waals surface area contributed by atoms with Crippen LogP contribution in [0.15, 0.2) is 29.4 Å². The number of sulfonamides is 1. The Morgan fingerprint density at radius 2 is 2.16 bits per heavy atom. The molecule has 2 aromatic rings. The Balaban J connectivity index is 2.30. The second-order valence-electron chi connectivity index (χ2n) is 3.82. The molecular weight excluding hydrogens is 270 g/mol. The summed E-state index contributed by atoms with van der Waals surface area (Å²) in [7, 11) is -2.35. The van der Waals surface area contributed by atoms with Crippen LogP contribution in [0.5, 0.6) is 11.5 Å². The Morgan fingerprint density at radius 3 is 2.68 bits per heavy atom. The molecule has 0 spiro atoms. The van der Waals surface area contributed by atoms with Gasteiger partial charge in [0.1, 0.15) is 17.3 Å². The molecule has 0 aliphatic heterocycles. The summed E-state index contributed by atoms with van der Waals surface area (Å²) >= 11 is 0. The van der Waals surface area contributed by atoms with Crippen LogP contribution in [0.3, 0.4) is 0 Å². The van der Waals surface area contributed by atoms with E-state index < -0.39 is 10.0 Å². The molecule has 0 aliphatic rings. The van der Waals surface area contributed by atoms with E-state index >= 15 is 0 Å². The molecule has 0 atom stereocenters. The predicted molar refractivity (Wildman–Crippen MR) is 68.8 cm³/mol. The van der Waals surface area contributed by atoms with Crippen molar-refractivity contribution in [3.63, 3.8) is 0 Å². The van der Waals surface area contributed by atoms with Crippen molar-refractivity contribution in [3.05, 3.63) is 30.2 Å². The number of methoxy groups -OCH3 is 1. The van der Waals surface area contributed by atoms with Crippen LogP contribution >= 0.6 is 0 Å². The molecule has 8 heteroatoms. The zero-order chi connectivity index (χ0) is 14.0. The third-order valence-electron chi connectivity index (χ3n) is 2.42. The Labute approximate surface area is 110 Å². The molecule has 0 aliphatic carbocycles. The normalized spacial score (nSPS) is 11.3. The van der Waals surface area contributed by atoms with Crippen molar-refractivity contribution < 1.29 is 18.3 Å². The summed E-state index contributed by atoms with van der Waals surface area (Å²) in [6.45, 7) is 1.64. The average Bonchev–Trinajstić information content (AvgIpc) is 2.79. The van der Waals surface area contributed by atoms with Gasteiger partial charge < -0.3 is 14.8 Å². The Kier molecular flexibility index (Phi) is 3.34. The van der Waals surface area contributed by atoms with E-state index in [0.29, 0.717) is 11.6 Å². The highest BCUT2D eigenvalue weighted by Crippen LogP contribution is 2.29. The number of phenols is 1. The first-order valence-corrected chi connectivity index (χ1v) is 6.82. The summed E-state index contributed by atoms with van der Waals surface area (Å²) in [5.74, 6) is 0.691. The summed E-state index contributed by atoms with van der Waals surface area (Å²) < 4.78 is 31.2. The number of aromatic amines is 1. The van der Waals surface area contributed by atoms with Gasteiger partial charge in [-0.1, -0.05) is 0 Å². The van der Waals surface area contributed by atoms with Crippen molar-refractivity contribution in [1.82, 2.24) is 9.97 Å². The van der Waals surface area contributed by atoms with E-state index in [1.54, 1.807) is 6.92 Å². The van der Waals surface area contributed by atoms with Crippen LogP contribution in [0.2, 0.25) is 0 Å². The minimum absolute atomic E-state index is 0.0630. The molecule has 0 bridgehead atoms. The van der Waals surface area contributed by atoms with E-state index in [9.17, 15) is 13.5 Å². The number of aryl methyl sites for hydroxylation is 1. The number of nitrogens with one attached hydrogen (secondary N) is 2. The lowest BCUT2D eigenvalue weighted by molar-refractivity contribution is 0.408. The van der Waals surface area contributed by atoms with Crippen LogP contribution in [-0.4, -0.2) is 30.6 Å². The van der Waals surface area contributed by atoms with E-state index in [4.69, 9.17) is 4.74 Å². The Hall–Kier alpha value is -2.22. The first-order valence-electron chi connectivity index (χ1n) is 5.34. The minimum atomic E-state index is -3.80. The van der Waals surface area contributed by atoms with Gasteiger partial charge in [-0.15, -0.1) is 0 Å². The molecule has 0 unspecified atom stereocenters. The van der Waals surface area contributed by atoms with Crippen LogP contribution in [0, 0.1) is 6.92 Å². The Bertz CT molecular complexity index is 694. The van der Waals surface area contributed by atoms with Gasteiger partial charge in [-0.3, -0.25) is 4.72 Å². The minimum Gasteiger partial charge on any atom is -0.506 e. The van der Waals surface area contributed by atoms with E-state index in [2.05, 4.69) is 14.7 Å². The van der Waals surface area contributed by atoms with Gasteiger partial charge in [0.25, 0.3) is 10.0 Å². The molecule has 0 radical (unpaired) electrons. The van der Waals surface area contributed by atoms with Crippen LogP contribution in [0.1, 0.15) is 5.82 Å². The molecule has 1 aromatic heterocycles. The SMILES string of the molecule is COc1ccc(NS(=O)(=O)c2cnc(C)[nH]2)c(O)c1. The third-order valence-corrected chi connectivity index (χ3v) is 3.69. The first kappa shape index (κ1) is 13.2. The standard InChI is InChI=1S/C11H13N3O4S/c1-7-12-6-11(13-7)19(16,17)14-9-4-3-8(18-2)5-10(9)15/h3-6,14-15H,1-2H3,(H,12,13). The summed E-state index contributed by atoms with van der Waals surface area (Å²) in [5.41, 5.74) is 0.0630. The lowest BCUT2D eigenvalue weighted by atomic mass is 10.3. The van der Waals surface area contributed by atoms with Crippen molar-refractivity contribution >= 4 is 15.7 Å². The summed E-state index contributed by atoms with van der Waals surface area (Å²) in [4.78, 5) is 6.43. The molecule has 19 heavy (non-hydrogen) atoms. The fraction of sp³-hybridized carbons (Fsp3) is 0.182. The fourth-order valence-corrected chi connectivity index (χ4v) is 2.50. The number of H-pyrrole nitrogens is 1. The fourth-order valence-electron chi connectivity index (χ4n) is 1.46. The highest BCUT2D eigenvalue weighted by Gasteiger charge is 2.18. The highest BCUT2D eigenvalue weighted by atomic mass is 32.2. The van der Waals surface area contributed by atoms with Crippen LogP contribution < -0.4 is 9.46 Å². The molecule has 1 heterocycles. The van der Waals surface area contributed by atoms with Gasteiger partial charge >= 0.3 is 0 Å². The van der Waals surface area contributed by atoms with Gasteiger partial charge in [0.2, 0.25) is 0 Å². The number of nitrogens with zero attached hydrogens (tertiary/aromatic N) is 1. The van der Waals surface area contributed by atoms with Gasteiger partial charge in [0.15, 0.2) is 5.03 Å². The van der Waals surface area contributed by atoms with Gasteiger partial charge in [0, 0.05) is 6.07 Å². The molecule has 0 saturated heterocycles. The molecular formula is C11H13N3O4S. The monoisotopic (exact) mass is 283 g/mol. The quantitative estimate of drug-likeness (QED) is 0.732. The molecule has 7 nitrogen and oxygen atoms in total. The van der Waals surface area contributed by atoms with Gasteiger partial charge in [-0.25, -0.2) is 4.98 Å². The topological polar surface area (TPSA) is 104 Å². The zero-order valence-electron chi connectivity index (χ0n) is 10.3. The summed E-state index contributed by atoms with van der Waals surface area (Å²) in [5, 5.41) is 9.64. The van der Waals surface area contributed by atoms with Crippen molar-refractivity contribution in [2.24, 2.45) is 0 Å². The zero-order valence-corrected chi connectivity index (χ0v) is 11.2. The first-order chi connectivity index (χ1) is 8.92. The summed E-state index contributed by atoms with van der Waals surface area (Å²) in [6, 6.07) is 4.26. The predicted octanol–water partition coefficient (Wildman–Crippen LogP) is 1.23. The number of anilines is 1. The van der Waals surface area contributed by atoms with Crippen LogP contribution in [-0.2, 0) is 10.0 Å². The lowest BCUT2D eigenvalue weighted by Gasteiger charge is -2.09. The maximum atomic E-state index is 12.0. The van der Waals surface area contributed by atoms with E-state index in [-0.39, 0.29) is 16.5 Å². The number of phenolic OH excluding ortho intramolecular Hbond substituents is 1. The second-order valence-corrected chi connectivity index (χ2v) is 5.47. The molecule has 102 valence electrons. The number of hydrogen-bond donors (Lipinski definition) is 3. The number of ether oxygens (including phenoxy) is 1. The number of benzene rings is 1. The maximum absolute atomic E-state index is 12.0. The number of hydrogen-bond acceptors (Lipinski definition) is 5. The molecule has 3 N–H and O–H groups in total. The second kappa shape index (κ2) is 4.81.